The van der Waals surface area contributed by atoms with Gasteiger partial charge in [-0.05, 0) is 48.9 Å². The van der Waals surface area contributed by atoms with E-state index >= 15 is 0 Å². The number of carbonyl (C=O) groups is 3. The quantitative estimate of drug-likeness (QED) is 0.363. The zero-order valence-corrected chi connectivity index (χ0v) is 18.9. The van der Waals surface area contributed by atoms with Gasteiger partial charge in [-0.15, -0.1) is 11.8 Å². The fraction of sp³-hybridized carbons (Fsp3) is 0.318. The summed E-state index contributed by atoms with van der Waals surface area (Å²) in [7, 11) is 0. The molecule has 1 atom stereocenters. The van der Waals surface area contributed by atoms with Gasteiger partial charge in [0.25, 0.3) is 5.91 Å². The van der Waals surface area contributed by atoms with Gasteiger partial charge < -0.3 is 20.1 Å². The predicted molar refractivity (Wildman–Crippen MR) is 120 cm³/mol. The van der Waals surface area contributed by atoms with Crippen LogP contribution in [-0.2, 0) is 15.1 Å². The summed E-state index contributed by atoms with van der Waals surface area (Å²) >= 11 is 7.43. The number of benzene rings is 2. The normalized spacial score (nSPS) is 19.6. The Bertz CT molecular complexity index is 1050. The minimum Gasteiger partial charge on any atom is -0.486 e. The van der Waals surface area contributed by atoms with Gasteiger partial charge in [0.2, 0.25) is 5.91 Å². The third-order valence-electron chi connectivity index (χ3n) is 5.20. The molecule has 8 nitrogen and oxygen atoms in total. The van der Waals surface area contributed by atoms with Crippen molar-refractivity contribution >= 4 is 41.2 Å². The van der Waals surface area contributed by atoms with E-state index < -0.39 is 23.4 Å². The van der Waals surface area contributed by atoms with Crippen molar-refractivity contribution in [2.24, 2.45) is 0 Å². The maximum Gasteiger partial charge on any atom is 0.325 e. The van der Waals surface area contributed by atoms with Gasteiger partial charge in [0.05, 0.1) is 0 Å². The van der Waals surface area contributed by atoms with Gasteiger partial charge in [-0.25, -0.2) is 4.79 Å². The van der Waals surface area contributed by atoms with Gasteiger partial charge >= 0.3 is 6.03 Å². The summed E-state index contributed by atoms with van der Waals surface area (Å²) < 4.78 is 11.1. The predicted octanol–water partition coefficient (Wildman–Crippen LogP) is 2.79. The Morgan fingerprint density at radius 1 is 1.16 bits per heavy atom. The lowest BCUT2D eigenvalue weighted by Crippen LogP contribution is -2.43. The van der Waals surface area contributed by atoms with E-state index in [-0.39, 0.29) is 6.54 Å². The number of urea groups is 1. The lowest BCUT2D eigenvalue weighted by Gasteiger charge is -2.25. The number of halogens is 1. The monoisotopic (exact) mass is 475 g/mol. The Labute approximate surface area is 194 Å². The fourth-order valence-corrected chi connectivity index (χ4v) is 4.37. The van der Waals surface area contributed by atoms with Gasteiger partial charge in [0.1, 0.15) is 25.3 Å². The number of imide groups is 1. The molecule has 1 fully saturated rings. The first-order valence-corrected chi connectivity index (χ1v) is 11.4. The third-order valence-corrected chi connectivity index (χ3v) is 6.47. The highest BCUT2D eigenvalue weighted by Gasteiger charge is 2.49. The van der Waals surface area contributed by atoms with Crippen molar-refractivity contribution in [3.8, 4) is 11.5 Å². The molecule has 2 aliphatic rings. The summed E-state index contributed by atoms with van der Waals surface area (Å²) in [4.78, 5) is 39.8. The topological polar surface area (TPSA) is 97.0 Å². The van der Waals surface area contributed by atoms with Crippen LogP contribution in [0.3, 0.4) is 0 Å². The number of hydrogen-bond donors (Lipinski definition) is 2. The first-order valence-electron chi connectivity index (χ1n) is 10.1. The molecule has 0 unspecified atom stereocenters. The van der Waals surface area contributed by atoms with E-state index in [2.05, 4.69) is 10.6 Å². The van der Waals surface area contributed by atoms with E-state index in [1.54, 1.807) is 49.0 Å². The Morgan fingerprint density at radius 2 is 1.88 bits per heavy atom. The minimum atomic E-state index is -1.29. The number of nitrogens with one attached hydrogen (secondary N) is 2. The molecular formula is C22H22ClN3O5S. The Kier molecular flexibility index (Phi) is 6.48. The summed E-state index contributed by atoms with van der Waals surface area (Å²) in [6, 6.07) is 11.9. The molecule has 2 aliphatic heterocycles. The number of ether oxygens (including phenoxy) is 2. The van der Waals surface area contributed by atoms with Crippen LogP contribution in [0.5, 0.6) is 11.5 Å². The highest BCUT2D eigenvalue weighted by molar-refractivity contribution is 7.99. The van der Waals surface area contributed by atoms with Crippen LogP contribution >= 0.6 is 23.4 Å². The molecule has 2 aromatic carbocycles. The van der Waals surface area contributed by atoms with Gasteiger partial charge in [-0.3, -0.25) is 14.5 Å². The molecule has 2 N–H and O–H groups in total. The molecule has 2 heterocycles. The molecule has 10 heteroatoms. The van der Waals surface area contributed by atoms with Crippen molar-refractivity contribution in [1.82, 2.24) is 15.5 Å². The first-order chi connectivity index (χ1) is 15.4. The maximum atomic E-state index is 13.1. The van der Waals surface area contributed by atoms with Crippen LogP contribution in [0.25, 0.3) is 0 Å². The summed E-state index contributed by atoms with van der Waals surface area (Å²) in [5.41, 5.74) is -0.736. The molecule has 32 heavy (non-hydrogen) atoms. The Hall–Kier alpha value is -2.91. The van der Waals surface area contributed by atoms with Crippen LogP contribution in [-0.4, -0.2) is 54.8 Å². The highest BCUT2D eigenvalue weighted by Crippen LogP contribution is 2.36. The fourth-order valence-electron chi connectivity index (χ4n) is 3.48. The second-order valence-corrected chi connectivity index (χ2v) is 9.06. The van der Waals surface area contributed by atoms with Crippen molar-refractivity contribution in [2.75, 3.05) is 32.1 Å². The molecular weight excluding hydrogens is 454 g/mol. The highest BCUT2D eigenvalue weighted by atomic mass is 35.5. The van der Waals surface area contributed by atoms with Crippen LogP contribution in [0.15, 0.2) is 47.4 Å². The zero-order chi connectivity index (χ0) is 22.7. The lowest BCUT2D eigenvalue weighted by molar-refractivity contribution is -0.134. The molecule has 0 spiro atoms. The Balaban J connectivity index is 1.33. The van der Waals surface area contributed by atoms with E-state index in [0.717, 1.165) is 9.80 Å². The van der Waals surface area contributed by atoms with E-state index in [1.165, 1.54) is 0 Å². The van der Waals surface area contributed by atoms with E-state index in [1.807, 2.05) is 12.1 Å². The van der Waals surface area contributed by atoms with Crippen LogP contribution in [0.1, 0.15) is 12.5 Å². The number of thioether (sulfide) groups is 1. The molecule has 0 bridgehead atoms. The lowest BCUT2D eigenvalue weighted by atomic mass is 9.91. The largest absolute Gasteiger partial charge is 0.486 e. The van der Waals surface area contributed by atoms with Crippen molar-refractivity contribution in [3.63, 3.8) is 0 Å². The first kappa shape index (κ1) is 22.3. The summed E-state index contributed by atoms with van der Waals surface area (Å²) in [5.74, 6) is 0.851. The zero-order valence-electron chi connectivity index (χ0n) is 17.4. The molecule has 4 rings (SSSR count). The van der Waals surface area contributed by atoms with Crippen LogP contribution in [0.4, 0.5) is 4.79 Å². The maximum absolute atomic E-state index is 13.1. The summed E-state index contributed by atoms with van der Waals surface area (Å²) in [5, 5.41) is 6.11. The molecule has 0 saturated carbocycles. The summed E-state index contributed by atoms with van der Waals surface area (Å²) in [6.45, 7) is 2.53. The van der Waals surface area contributed by atoms with Gasteiger partial charge in [-0.2, -0.15) is 0 Å². The molecule has 0 aliphatic carbocycles. The number of hydrogen-bond acceptors (Lipinski definition) is 6. The van der Waals surface area contributed by atoms with Crippen molar-refractivity contribution in [3.05, 3.63) is 53.1 Å². The van der Waals surface area contributed by atoms with E-state index in [0.29, 0.717) is 47.6 Å². The SMILES string of the molecule is C[C@]1(c2ccc3c(c2)OCCO3)NC(=O)N(CC(=O)NCCSc2ccc(Cl)cc2)C1=O. The number of amides is 4. The van der Waals surface area contributed by atoms with Crippen LogP contribution in [0.2, 0.25) is 5.02 Å². The van der Waals surface area contributed by atoms with Crippen molar-refractivity contribution in [1.29, 1.82) is 0 Å². The summed E-state index contributed by atoms with van der Waals surface area (Å²) in [6.07, 6.45) is 0. The molecule has 2 aromatic rings. The molecule has 4 amide bonds. The van der Waals surface area contributed by atoms with Gasteiger partial charge in [0, 0.05) is 22.2 Å². The van der Waals surface area contributed by atoms with Crippen LogP contribution < -0.4 is 20.1 Å². The second kappa shape index (κ2) is 9.30. The molecule has 0 radical (unpaired) electrons. The van der Waals surface area contributed by atoms with Crippen LogP contribution in [0, 0.1) is 0 Å². The van der Waals surface area contributed by atoms with E-state index in [9.17, 15) is 14.4 Å². The average Bonchev–Trinajstić information content (AvgIpc) is 3.01. The average molecular weight is 476 g/mol. The minimum absolute atomic E-state index is 0.351. The van der Waals surface area contributed by atoms with Gasteiger partial charge in [0.15, 0.2) is 11.5 Å². The standard InChI is InChI=1S/C22H22ClN3O5S/c1-22(14-2-7-17-18(12-14)31-10-9-30-17)20(28)26(21(29)25-22)13-19(27)24-8-11-32-16-5-3-15(23)4-6-16/h2-7,12H,8-11,13H2,1H3,(H,24,27)(H,25,29)/t22-/m1/s1. The molecule has 0 aromatic heterocycles. The molecule has 1 saturated heterocycles. The number of fused-ring (bicyclic) bond motifs is 1. The number of carbonyl (C=O) groups excluding carboxylic acids is 3. The Morgan fingerprint density at radius 3 is 2.62 bits per heavy atom. The number of rotatable bonds is 7. The number of nitrogens with zero attached hydrogens (tertiary/aromatic N) is 1. The second-order valence-electron chi connectivity index (χ2n) is 7.46. The third kappa shape index (κ3) is 4.63. The van der Waals surface area contributed by atoms with Crippen molar-refractivity contribution < 1.29 is 23.9 Å². The van der Waals surface area contributed by atoms with Crippen molar-refractivity contribution in [2.45, 2.75) is 17.4 Å². The van der Waals surface area contributed by atoms with Gasteiger partial charge in [-0.1, -0.05) is 17.7 Å². The van der Waals surface area contributed by atoms with E-state index in [4.69, 9.17) is 21.1 Å². The molecule has 168 valence electrons. The smallest absolute Gasteiger partial charge is 0.325 e.